The second kappa shape index (κ2) is 11.7. The van der Waals surface area contributed by atoms with Gasteiger partial charge in [-0.1, -0.05) is 18.2 Å². The fourth-order valence-electron chi connectivity index (χ4n) is 4.18. The Morgan fingerprint density at radius 2 is 1.84 bits per heavy atom. The van der Waals surface area contributed by atoms with E-state index in [1.165, 1.54) is 5.56 Å². The van der Waals surface area contributed by atoms with Gasteiger partial charge in [0.15, 0.2) is 0 Å². The van der Waals surface area contributed by atoms with E-state index in [2.05, 4.69) is 28.0 Å². The summed E-state index contributed by atoms with van der Waals surface area (Å²) in [5.41, 5.74) is 2.44. The third-order valence-electron chi connectivity index (χ3n) is 6.16. The van der Waals surface area contributed by atoms with Crippen LogP contribution in [-0.4, -0.2) is 80.6 Å². The number of likely N-dealkylation sites (tertiary alicyclic amines) is 1. The van der Waals surface area contributed by atoms with Crippen LogP contribution in [-0.2, 0) is 6.42 Å². The molecule has 0 bridgehead atoms. The summed E-state index contributed by atoms with van der Waals surface area (Å²) in [6, 6.07) is 17.7. The highest BCUT2D eigenvalue weighted by Crippen LogP contribution is 2.20. The molecule has 0 radical (unpaired) electrons. The number of ether oxygens (including phenoxy) is 1. The SMILES string of the molecule is COc1ccc(CCN2CCC(N(CCN(C)C)C(=O)c3cccc(C#N)c3)CC2)cc1. The van der Waals surface area contributed by atoms with E-state index in [1.54, 1.807) is 25.3 Å². The van der Waals surface area contributed by atoms with Crippen molar-refractivity contribution in [3.63, 3.8) is 0 Å². The standard InChI is InChI=1S/C26H34N4O2/c1-28(2)17-18-30(26(31)23-6-4-5-22(19-23)20-27)24-12-15-29(16-13-24)14-11-21-7-9-25(32-3)10-8-21/h4-10,19,24H,11-18H2,1-3H3. The van der Waals surface area contributed by atoms with E-state index >= 15 is 0 Å². The van der Waals surface area contributed by atoms with E-state index in [-0.39, 0.29) is 11.9 Å². The molecule has 0 atom stereocenters. The number of rotatable bonds is 9. The lowest BCUT2D eigenvalue weighted by Gasteiger charge is -2.39. The second-order valence-electron chi connectivity index (χ2n) is 8.67. The first-order valence-electron chi connectivity index (χ1n) is 11.3. The maximum atomic E-state index is 13.3. The average Bonchev–Trinajstić information content (AvgIpc) is 2.83. The van der Waals surface area contributed by atoms with Gasteiger partial charge in [-0.15, -0.1) is 0 Å². The van der Waals surface area contributed by atoms with Crippen LogP contribution in [0.3, 0.4) is 0 Å². The highest BCUT2D eigenvalue weighted by molar-refractivity contribution is 5.94. The number of nitrogens with zero attached hydrogens (tertiary/aromatic N) is 4. The number of carbonyl (C=O) groups excluding carboxylic acids is 1. The van der Waals surface area contributed by atoms with Crippen molar-refractivity contribution < 1.29 is 9.53 Å². The lowest BCUT2D eigenvalue weighted by Crippen LogP contribution is -2.49. The third kappa shape index (κ3) is 6.56. The first kappa shape index (κ1) is 23.8. The summed E-state index contributed by atoms with van der Waals surface area (Å²) in [4.78, 5) is 20.0. The molecule has 2 aromatic rings. The van der Waals surface area contributed by atoms with Gasteiger partial charge in [0.05, 0.1) is 18.7 Å². The van der Waals surface area contributed by atoms with Crippen molar-refractivity contribution in [2.24, 2.45) is 0 Å². The van der Waals surface area contributed by atoms with Crippen LogP contribution in [0.25, 0.3) is 0 Å². The highest BCUT2D eigenvalue weighted by Gasteiger charge is 2.28. The summed E-state index contributed by atoms with van der Waals surface area (Å²) in [6.45, 7) is 4.52. The molecule has 1 aliphatic rings. The zero-order valence-electron chi connectivity index (χ0n) is 19.5. The van der Waals surface area contributed by atoms with Crippen molar-refractivity contribution in [2.75, 3.05) is 53.9 Å². The minimum Gasteiger partial charge on any atom is -0.497 e. The molecule has 1 heterocycles. The zero-order valence-corrected chi connectivity index (χ0v) is 19.5. The topological polar surface area (TPSA) is 59.8 Å². The van der Waals surface area contributed by atoms with Crippen LogP contribution in [0, 0.1) is 11.3 Å². The largest absolute Gasteiger partial charge is 0.497 e. The quantitative estimate of drug-likeness (QED) is 0.606. The van der Waals surface area contributed by atoms with Crippen LogP contribution in [0.4, 0.5) is 0 Å². The number of hydrogen-bond donors (Lipinski definition) is 0. The van der Waals surface area contributed by atoms with E-state index in [0.717, 1.165) is 51.2 Å². The van der Waals surface area contributed by atoms with Crippen molar-refractivity contribution in [1.29, 1.82) is 5.26 Å². The van der Waals surface area contributed by atoms with Crippen molar-refractivity contribution in [3.05, 3.63) is 65.2 Å². The van der Waals surface area contributed by atoms with Crippen molar-refractivity contribution in [1.82, 2.24) is 14.7 Å². The van der Waals surface area contributed by atoms with E-state index in [9.17, 15) is 10.1 Å². The second-order valence-corrected chi connectivity index (χ2v) is 8.67. The van der Waals surface area contributed by atoms with Gasteiger partial charge in [-0.05, 0) is 69.3 Å². The Labute approximate surface area is 192 Å². The van der Waals surface area contributed by atoms with Gasteiger partial charge in [-0.3, -0.25) is 4.79 Å². The number of hydrogen-bond acceptors (Lipinski definition) is 5. The molecule has 6 heteroatoms. The summed E-state index contributed by atoms with van der Waals surface area (Å²) in [5.74, 6) is 0.915. The number of amides is 1. The fraction of sp³-hybridized carbons (Fsp3) is 0.462. The van der Waals surface area contributed by atoms with E-state index < -0.39 is 0 Å². The molecular formula is C26H34N4O2. The summed E-state index contributed by atoms with van der Waals surface area (Å²) in [6.07, 6.45) is 2.96. The Morgan fingerprint density at radius 3 is 2.47 bits per heavy atom. The van der Waals surface area contributed by atoms with Crippen LogP contribution in [0.2, 0.25) is 0 Å². The molecule has 0 spiro atoms. The van der Waals surface area contributed by atoms with E-state index in [0.29, 0.717) is 17.7 Å². The summed E-state index contributed by atoms with van der Waals surface area (Å²) >= 11 is 0. The van der Waals surface area contributed by atoms with Gasteiger partial charge in [-0.2, -0.15) is 5.26 Å². The van der Waals surface area contributed by atoms with Crippen molar-refractivity contribution >= 4 is 5.91 Å². The molecule has 0 aromatic heterocycles. The number of carbonyl (C=O) groups is 1. The normalized spacial score (nSPS) is 14.8. The molecule has 1 amide bonds. The first-order chi connectivity index (χ1) is 15.5. The van der Waals surface area contributed by atoms with E-state index in [4.69, 9.17) is 4.74 Å². The summed E-state index contributed by atoms with van der Waals surface area (Å²) < 4.78 is 5.24. The summed E-state index contributed by atoms with van der Waals surface area (Å²) in [7, 11) is 5.74. The van der Waals surface area contributed by atoms with Crippen molar-refractivity contribution in [2.45, 2.75) is 25.3 Å². The van der Waals surface area contributed by atoms with Gasteiger partial charge in [0, 0.05) is 44.3 Å². The summed E-state index contributed by atoms with van der Waals surface area (Å²) in [5, 5.41) is 9.20. The molecule has 170 valence electrons. The molecule has 2 aromatic carbocycles. The monoisotopic (exact) mass is 434 g/mol. The van der Waals surface area contributed by atoms with Crippen LogP contribution in [0.5, 0.6) is 5.75 Å². The minimum atomic E-state index is 0.0284. The molecule has 0 saturated carbocycles. The van der Waals surface area contributed by atoms with E-state index in [1.807, 2.05) is 37.2 Å². The number of nitriles is 1. The molecule has 0 N–H and O–H groups in total. The molecule has 0 unspecified atom stereocenters. The van der Waals surface area contributed by atoms with Gasteiger partial charge in [0.1, 0.15) is 5.75 Å². The Bertz CT molecular complexity index is 912. The average molecular weight is 435 g/mol. The number of methoxy groups -OCH3 is 1. The molecule has 1 aliphatic heterocycles. The smallest absolute Gasteiger partial charge is 0.254 e. The van der Waals surface area contributed by atoms with Crippen LogP contribution in [0.1, 0.15) is 34.3 Å². The van der Waals surface area contributed by atoms with Gasteiger partial charge < -0.3 is 19.4 Å². The molecular weight excluding hydrogens is 400 g/mol. The highest BCUT2D eigenvalue weighted by atomic mass is 16.5. The molecule has 3 rings (SSSR count). The predicted octanol–water partition coefficient (Wildman–Crippen LogP) is 3.28. The molecule has 6 nitrogen and oxygen atoms in total. The van der Waals surface area contributed by atoms with Crippen LogP contribution < -0.4 is 4.74 Å². The molecule has 1 saturated heterocycles. The third-order valence-corrected chi connectivity index (χ3v) is 6.16. The maximum Gasteiger partial charge on any atom is 0.254 e. The minimum absolute atomic E-state index is 0.0284. The van der Waals surface area contributed by atoms with Gasteiger partial charge in [0.2, 0.25) is 0 Å². The maximum absolute atomic E-state index is 13.3. The Kier molecular flexibility index (Phi) is 8.66. The predicted molar refractivity (Wildman–Crippen MR) is 127 cm³/mol. The number of piperidine rings is 1. The lowest BCUT2D eigenvalue weighted by atomic mass is 10.0. The number of likely N-dealkylation sites (N-methyl/N-ethyl adjacent to an activating group) is 1. The van der Waals surface area contributed by atoms with Gasteiger partial charge >= 0.3 is 0 Å². The van der Waals surface area contributed by atoms with Crippen LogP contribution in [0.15, 0.2) is 48.5 Å². The first-order valence-corrected chi connectivity index (χ1v) is 11.3. The Balaban J connectivity index is 1.59. The zero-order chi connectivity index (χ0) is 22.9. The number of benzene rings is 2. The lowest BCUT2D eigenvalue weighted by molar-refractivity contribution is 0.0556. The van der Waals surface area contributed by atoms with Gasteiger partial charge in [0.25, 0.3) is 5.91 Å². The molecule has 0 aliphatic carbocycles. The Hall–Kier alpha value is -2.88. The van der Waals surface area contributed by atoms with Gasteiger partial charge in [-0.25, -0.2) is 0 Å². The fourth-order valence-corrected chi connectivity index (χ4v) is 4.18. The van der Waals surface area contributed by atoms with Crippen LogP contribution >= 0.6 is 0 Å². The molecule has 32 heavy (non-hydrogen) atoms. The van der Waals surface area contributed by atoms with Crippen molar-refractivity contribution in [3.8, 4) is 11.8 Å². The molecule has 1 fully saturated rings. The Morgan fingerprint density at radius 1 is 1.12 bits per heavy atom.